The first-order valence-electron chi connectivity index (χ1n) is 12.0. The Morgan fingerprint density at radius 3 is 2.57 bits per heavy atom. The Balaban J connectivity index is 1.61. The van der Waals surface area contributed by atoms with Crippen LogP contribution in [-0.2, 0) is 15.3 Å². The molecular weight excluding hydrogens is 509 g/mol. The van der Waals surface area contributed by atoms with Crippen LogP contribution in [-0.4, -0.2) is 64.5 Å². The molecule has 1 aliphatic carbocycles. The van der Waals surface area contributed by atoms with Gasteiger partial charge >= 0.3 is 6.11 Å². The number of alkyl halides is 2. The molecule has 1 aromatic heterocycles. The molecule has 37 heavy (non-hydrogen) atoms. The molecule has 8 nitrogen and oxygen atoms in total. The maximum Gasteiger partial charge on any atom is 0.410 e. The highest BCUT2D eigenvalue weighted by molar-refractivity contribution is 7.98. The van der Waals surface area contributed by atoms with E-state index in [9.17, 15) is 27.9 Å². The van der Waals surface area contributed by atoms with E-state index in [1.54, 1.807) is 25.4 Å². The highest BCUT2D eigenvalue weighted by Gasteiger charge is 2.35. The zero-order valence-corrected chi connectivity index (χ0v) is 21.1. The van der Waals surface area contributed by atoms with Crippen molar-refractivity contribution >= 4 is 23.6 Å². The van der Waals surface area contributed by atoms with Crippen molar-refractivity contribution in [3.63, 3.8) is 0 Å². The third-order valence-corrected chi connectivity index (χ3v) is 6.68. The van der Waals surface area contributed by atoms with Gasteiger partial charge in [-0.2, -0.15) is 20.5 Å². The molecule has 1 heterocycles. The molecular formula is C25H31F3N4O4S. The number of hydrogen-bond acceptors (Lipinski definition) is 7. The molecule has 202 valence electrons. The van der Waals surface area contributed by atoms with Gasteiger partial charge in [0.1, 0.15) is 18.1 Å². The molecule has 0 saturated heterocycles. The zero-order valence-electron chi connectivity index (χ0n) is 20.3. The fourth-order valence-corrected chi connectivity index (χ4v) is 4.37. The first kappa shape index (κ1) is 28.7. The average molecular weight is 541 g/mol. The van der Waals surface area contributed by atoms with Crippen molar-refractivity contribution in [1.29, 1.82) is 0 Å². The Labute approximate surface area is 217 Å². The molecule has 2 unspecified atom stereocenters. The summed E-state index contributed by atoms with van der Waals surface area (Å²) in [7, 11) is 0. The summed E-state index contributed by atoms with van der Waals surface area (Å²) in [6.45, 7) is 0.695. The maximum atomic E-state index is 14.5. The monoisotopic (exact) mass is 540 g/mol. The van der Waals surface area contributed by atoms with E-state index in [-0.39, 0.29) is 24.0 Å². The summed E-state index contributed by atoms with van der Waals surface area (Å²) in [5, 5.41) is 18.3. The van der Waals surface area contributed by atoms with E-state index in [2.05, 4.69) is 25.7 Å². The van der Waals surface area contributed by atoms with Gasteiger partial charge in [0.05, 0.1) is 12.1 Å². The van der Waals surface area contributed by atoms with Crippen LogP contribution >= 0.6 is 11.8 Å². The van der Waals surface area contributed by atoms with E-state index in [4.69, 9.17) is 0 Å². The summed E-state index contributed by atoms with van der Waals surface area (Å²) < 4.78 is 46.7. The molecule has 0 bridgehead atoms. The topological polar surface area (TPSA) is 113 Å². The number of halogens is 3. The lowest BCUT2D eigenvalue weighted by atomic mass is 10.1. The van der Waals surface area contributed by atoms with E-state index in [0.717, 1.165) is 42.7 Å². The van der Waals surface area contributed by atoms with Gasteiger partial charge in [0.2, 0.25) is 5.91 Å². The number of amides is 2. The predicted molar refractivity (Wildman–Crippen MR) is 134 cm³/mol. The van der Waals surface area contributed by atoms with Gasteiger partial charge in [0, 0.05) is 29.9 Å². The minimum Gasteiger partial charge on any atom is -0.432 e. The average Bonchev–Trinajstić information content (AvgIpc) is 3.70. The summed E-state index contributed by atoms with van der Waals surface area (Å²) >= 11 is 1.33. The fraction of sp³-hybridized carbons (Fsp3) is 0.480. The minimum atomic E-state index is -3.70. The van der Waals surface area contributed by atoms with Gasteiger partial charge in [-0.05, 0) is 55.2 Å². The summed E-state index contributed by atoms with van der Waals surface area (Å²) in [4.78, 5) is 29.3. The first-order valence-corrected chi connectivity index (χ1v) is 13.1. The molecule has 0 radical (unpaired) electrons. The third-order valence-electron chi connectivity index (χ3n) is 5.57. The summed E-state index contributed by atoms with van der Waals surface area (Å²) in [6.07, 6.45) is 0.0722. The molecule has 0 aliphatic heterocycles. The Bertz CT molecular complexity index is 1010. The van der Waals surface area contributed by atoms with Crippen molar-refractivity contribution < 1.29 is 32.6 Å². The quantitative estimate of drug-likeness (QED) is 0.275. The Morgan fingerprint density at radius 1 is 1.22 bits per heavy atom. The number of aromatic nitrogens is 1. The number of nitrogens with zero attached hydrogens (tertiary/aromatic N) is 1. The molecule has 3 atom stereocenters. The highest BCUT2D eigenvalue weighted by atomic mass is 32.2. The Hall–Kier alpha value is -2.83. The van der Waals surface area contributed by atoms with Crippen LogP contribution in [0.5, 0.6) is 5.75 Å². The van der Waals surface area contributed by atoms with Crippen LogP contribution in [0.3, 0.4) is 0 Å². The molecule has 0 spiro atoms. The standard InChI is InChI=1S/C25H31F3N4O4S/c1-2-20(22(33)24(35)31-18-7-8-18)32-23(34)21(14-37-13-16-4-3-11-29-12-16)30-15-25(27,28)36-19-9-5-17(26)6-10-19/h3-6,9-12,18,20-22,30,33H,2,7-8,13-15H2,1H3,(H,31,35)(H,32,34)/t20-,21?,22?/m0/s1. The second-order valence-corrected chi connectivity index (χ2v) is 9.78. The normalized spacial score (nSPS) is 15.9. The number of carbonyl (C=O) groups excluding carboxylic acids is 2. The number of ether oxygens (including phenoxy) is 1. The van der Waals surface area contributed by atoms with Gasteiger partial charge in [-0.3, -0.25) is 19.9 Å². The molecule has 1 fully saturated rings. The number of hydrogen-bond donors (Lipinski definition) is 4. The Kier molecular flexibility index (Phi) is 10.6. The zero-order chi connectivity index (χ0) is 26.8. The van der Waals surface area contributed by atoms with E-state index in [0.29, 0.717) is 5.75 Å². The van der Waals surface area contributed by atoms with E-state index in [1.807, 2.05) is 6.07 Å². The minimum absolute atomic E-state index is 0.0389. The predicted octanol–water partition coefficient (Wildman–Crippen LogP) is 2.62. The molecule has 3 rings (SSSR count). The van der Waals surface area contributed by atoms with Crippen LogP contribution < -0.4 is 20.7 Å². The van der Waals surface area contributed by atoms with Crippen LogP contribution in [0, 0.1) is 5.82 Å². The second kappa shape index (κ2) is 13.6. The number of nitrogens with one attached hydrogen (secondary N) is 3. The molecule has 4 N–H and O–H groups in total. The van der Waals surface area contributed by atoms with Gasteiger partial charge in [0.25, 0.3) is 5.91 Å². The summed E-state index contributed by atoms with van der Waals surface area (Å²) in [5.74, 6) is -1.42. The van der Waals surface area contributed by atoms with Gasteiger partial charge in [-0.1, -0.05) is 13.0 Å². The van der Waals surface area contributed by atoms with E-state index < -0.39 is 48.5 Å². The number of thioether (sulfide) groups is 1. The van der Waals surface area contributed by atoms with Crippen molar-refractivity contribution in [1.82, 2.24) is 20.9 Å². The number of carbonyl (C=O) groups is 2. The molecule has 2 aromatic rings. The third kappa shape index (κ3) is 9.86. The molecule has 1 aromatic carbocycles. The number of aliphatic hydroxyl groups excluding tert-OH is 1. The van der Waals surface area contributed by atoms with Gasteiger partial charge < -0.3 is 20.5 Å². The lowest BCUT2D eigenvalue weighted by molar-refractivity contribution is -0.172. The SMILES string of the molecule is CC[C@H](NC(=O)C(CSCc1cccnc1)NCC(F)(F)Oc1ccc(F)cc1)C(O)C(=O)NC1CC1. The van der Waals surface area contributed by atoms with Crippen molar-refractivity contribution in [2.75, 3.05) is 12.3 Å². The van der Waals surface area contributed by atoms with Crippen molar-refractivity contribution in [2.24, 2.45) is 0 Å². The number of benzene rings is 1. The summed E-state index contributed by atoms with van der Waals surface area (Å²) in [6, 6.07) is 5.85. The Morgan fingerprint density at radius 2 is 1.95 bits per heavy atom. The smallest absolute Gasteiger partial charge is 0.410 e. The van der Waals surface area contributed by atoms with Gasteiger partial charge in [-0.15, -0.1) is 0 Å². The van der Waals surface area contributed by atoms with Crippen LogP contribution in [0.1, 0.15) is 31.7 Å². The van der Waals surface area contributed by atoms with Crippen molar-refractivity contribution in [3.8, 4) is 5.75 Å². The fourth-order valence-electron chi connectivity index (χ4n) is 3.34. The molecule has 2 amide bonds. The lowest BCUT2D eigenvalue weighted by Gasteiger charge is -2.27. The first-order chi connectivity index (χ1) is 17.7. The summed E-state index contributed by atoms with van der Waals surface area (Å²) in [5.41, 5.74) is 0.898. The largest absolute Gasteiger partial charge is 0.432 e. The van der Waals surface area contributed by atoms with Crippen molar-refractivity contribution in [2.45, 2.75) is 62.3 Å². The van der Waals surface area contributed by atoms with Crippen molar-refractivity contribution in [3.05, 3.63) is 60.2 Å². The highest BCUT2D eigenvalue weighted by Crippen LogP contribution is 2.22. The van der Waals surface area contributed by atoms with E-state index in [1.165, 1.54) is 11.8 Å². The second-order valence-electron chi connectivity index (χ2n) is 8.75. The van der Waals surface area contributed by atoms with Crippen LogP contribution in [0.2, 0.25) is 0 Å². The van der Waals surface area contributed by atoms with Crippen LogP contribution in [0.4, 0.5) is 13.2 Å². The number of rotatable bonds is 15. The van der Waals surface area contributed by atoms with Crippen LogP contribution in [0.25, 0.3) is 0 Å². The van der Waals surface area contributed by atoms with E-state index >= 15 is 0 Å². The molecule has 1 saturated carbocycles. The number of pyridine rings is 1. The van der Waals surface area contributed by atoms with Gasteiger partial charge in [0.15, 0.2) is 6.10 Å². The van der Waals surface area contributed by atoms with Crippen LogP contribution in [0.15, 0.2) is 48.8 Å². The molecule has 12 heteroatoms. The number of aliphatic hydroxyl groups is 1. The maximum absolute atomic E-state index is 14.5. The molecule has 1 aliphatic rings. The van der Waals surface area contributed by atoms with Gasteiger partial charge in [-0.25, -0.2) is 4.39 Å². The lowest BCUT2D eigenvalue weighted by Crippen LogP contribution is -2.56.